The molecule has 4 nitrogen and oxygen atoms in total. The molecule has 0 aliphatic heterocycles. The van der Waals surface area contributed by atoms with Crippen molar-refractivity contribution in [1.29, 1.82) is 0 Å². The van der Waals surface area contributed by atoms with E-state index in [0.717, 1.165) is 51.3 Å². The molecular formula is C50H101NO3. The second kappa shape index (κ2) is 39.1. The van der Waals surface area contributed by atoms with Crippen LogP contribution in [0.25, 0.3) is 0 Å². The molecule has 0 saturated heterocycles. The van der Waals surface area contributed by atoms with Crippen molar-refractivity contribution in [3.63, 3.8) is 0 Å². The molecule has 0 spiro atoms. The highest BCUT2D eigenvalue weighted by atomic mass is 16.5. The third-order valence-electron chi connectivity index (χ3n) is 11.2. The van der Waals surface area contributed by atoms with Crippen molar-refractivity contribution < 1.29 is 14.2 Å². The van der Waals surface area contributed by atoms with Crippen molar-refractivity contribution in [2.45, 2.75) is 291 Å². The van der Waals surface area contributed by atoms with E-state index < -0.39 is 0 Å². The van der Waals surface area contributed by atoms with Gasteiger partial charge in [-0.05, 0) is 79.7 Å². The van der Waals surface area contributed by atoms with E-state index in [1.165, 1.54) is 199 Å². The summed E-state index contributed by atoms with van der Waals surface area (Å²) in [6.45, 7) is 21.8. The molecule has 1 atom stereocenters. The summed E-state index contributed by atoms with van der Waals surface area (Å²) < 4.78 is 18.6. The molecule has 0 aromatic heterocycles. The molecule has 54 heavy (non-hydrogen) atoms. The predicted octanol–water partition coefficient (Wildman–Crippen LogP) is 16.7. The highest BCUT2D eigenvalue weighted by Gasteiger charge is 2.20. The van der Waals surface area contributed by atoms with Crippen LogP contribution in [0.4, 0.5) is 0 Å². The number of hydrogen-bond donors (Lipinski definition) is 1. The van der Waals surface area contributed by atoms with E-state index in [1.807, 2.05) is 0 Å². The van der Waals surface area contributed by atoms with Crippen LogP contribution in [0.1, 0.15) is 273 Å². The fraction of sp³-hybridized carbons (Fsp3) is 0.960. The Morgan fingerprint density at radius 2 is 0.778 bits per heavy atom. The van der Waals surface area contributed by atoms with Gasteiger partial charge in [0.05, 0.1) is 11.2 Å². The lowest BCUT2D eigenvalue weighted by Gasteiger charge is -2.28. The molecule has 0 rings (SSSR count). The van der Waals surface area contributed by atoms with E-state index >= 15 is 0 Å². The maximum Gasteiger partial charge on any atom is 0.179 e. The van der Waals surface area contributed by atoms with Gasteiger partial charge in [-0.3, -0.25) is 0 Å². The highest BCUT2D eigenvalue weighted by molar-refractivity contribution is 4.81. The first kappa shape index (κ1) is 53.3. The number of unbranched alkanes of at least 4 members (excludes halogenated alkanes) is 29. The Labute approximate surface area is 341 Å². The molecule has 0 aromatic carbocycles. The highest BCUT2D eigenvalue weighted by Crippen LogP contribution is 2.21. The van der Waals surface area contributed by atoms with Crippen molar-refractivity contribution in [2.24, 2.45) is 0 Å². The van der Waals surface area contributed by atoms with Crippen LogP contribution in [0.5, 0.6) is 0 Å². The van der Waals surface area contributed by atoms with Gasteiger partial charge in [0.15, 0.2) is 5.88 Å². The second-order valence-electron chi connectivity index (χ2n) is 18.6. The zero-order chi connectivity index (χ0) is 39.9. The van der Waals surface area contributed by atoms with Gasteiger partial charge >= 0.3 is 0 Å². The Balaban J connectivity index is 4.23. The molecule has 0 heterocycles. The molecule has 1 unspecified atom stereocenters. The zero-order valence-corrected chi connectivity index (χ0v) is 38.4. The number of nitrogens with one attached hydrogen (secondary N) is 1. The molecule has 0 aliphatic carbocycles. The Bertz CT molecular complexity index is 759. The first-order chi connectivity index (χ1) is 26.1. The van der Waals surface area contributed by atoms with Gasteiger partial charge in [-0.15, -0.1) is 0 Å². The standard InChI is InChI=1S/C50H101NO3/c1-9-11-13-15-17-19-21-23-25-27-29-31-33-35-37-39-42-48(41-38-36-34-32-30-28-26-24-22-20-18-16-14-12-10-2)54-47(3)51-44-40-45-53-50(7,8)43-46-52-49(4,5)6/h48,51H,3,9-46H2,1-2,4-8H3. The summed E-state index contributed by atoms with van der Waals surface area (Å²) in [5, 5.41) is 3.45. The van der Waals surface area contributed by atoms with Crippen molar-refractivity contribution in [3.05, 3.63) is 12.5 Å². The minimum absolute atomic E-state index is 0.101. The quantitative estimate of drug-likeness (QED) is 0.0495. The molecule has 0 bridgehead atoms. The minimum atomic E-state index is -0.177. The van der Waals surface area contributed by atoms with Gasteiger partial charge in [0, 0.05) is 19.8 Å². The molecule has 0 aromatic rings. The van der Waals surface area contributed by atoms with Gasteiger partial charge in [0.25, 0.3) is 0 Å². The monoisotopic (exact) mass is 764 g/mol. The second-order valence-corrected chi connectivity index (χ2v) is 18.6. The predicted molar refractivity (Wildman–Crippen MR) is 241 cm³/mol. The van der Waals surface area contributed by atoms with Gasteiger partial charge < -0.3 is 19.5 Å². The minimum Gasteiger partial charge on any atom is -0.476 e. The van der Waals surface area contributed by atoms with Crippen LogP contribution in [0.3, 0.4) is 0 Å². The van der Waals surface area contributed by atoms with Crippen LogP contribution in [0, 0.1) is 0 Å². The molecule has 324 valence electrons. The molecule has 0 fully saturated rings. The molecule has 4 heteroatoms. The lowest BCUT2D eigenvalue weighted by atomic mass is 10.0. The summed E-state index contributed by atoms with van der Waals surface area (Å²) in [7, 11) is 0. The number of hydrogen-bond acceptors (Lipinski definition) is 4. The summed E-state index contributed by atoms with van der Waals surface area (Å²) in [5.74, 6) is 0.746. The van der Waals surface area contributed by atoms with Crippen LogP contribution in [0.15, 0.2) is 12.5 Å². The van der Waals surface area contributed by atoms with Gasteiger partial charge in [-0.25, -0.2) is 0 Å². The van der Waals surface area contributed by atoms with Crippen LogP contribution in [-0.4, -0.2) is 37.1 Å². The summed E-state index contributed by atoms with van der Waals surface area (Å²) in [5.41, 5.74) is -0.277. The average molecular weight is 764 g/mol. The molecule has 0 saturated carbocycles. The summed E-state index contributed by atoms with van der Waals surface area (Å²) in [6, 6.07) is 0. The number of rotatable bonds is 44. The van der Waals surface area contributed by atoms with Gasteiger partial charge in [-0.2, -0.15) is 0 Å². The van der Waals surface area contributed by atoms with E-state index in [4.69, 9.17) is 14.2 Å². The lowest BCUT2D eigenvalue weighted by Crippen LogP contribution is -2.30. The molecule has 0 aliphatic rings. The van der Waals surface area contributed by atoms with Crippen LogP contribution < -0.4 is 5.32 Å². The maximum atomic E-state index is 6.46. The SMILES string of the molecule is C=C(NCCCOC(C)(C)CCOC(C)(C)C)OC(CCCCCCCCCCCCCCCCC)CCCCCCCCCCCCCCCCCC. The van der Waals surface area contributed by atoms with Crippen LogP contribution in [0.2, 0.25) is 0 Å². The van der Waals surface area contributed by atoms with Crippen molar-refractivity contribution in [3.8, 4) is 0 Å². The van der Waals surface area contributed by atoms with E-state index in [-0.39, 0.29) is 17.3 Å². The average Bonchev–Trinajstić information content (AvgIpc) is 3.12. The van der Waals surface area contributed by atoms with Gasteiger partial charge in [-0.1, -0.05) is 200 Å². The normalized spacial score (nSPS) is 12.7. The fourth-order valence-corrected chi connectivity index (χ4v) is 7.49. The van der Waals surface area contributed by atoms with E-state index in [0.29, 0.717) is 0 Å². The lowest BCUT2D eigenvalue weighted by molar-refractivity contribution is -0.0668. The van der Waals surface area contributed by atoms with E-state index in [1.54, 1.807) is 0 Å². The third kappa shape index (κ3) is 42.4. The Morgan fingerprint density at radius 1 is 0.444 bits per heavy atom. The van der Waals surface area contributed by atoms with Crippen LogP contribution in [-0.2, 0) is 14.2 Å². The zero-order valence-electron chi connectivity index (χ0n) is 38.4. The summed E-state index contributed by atoms with van der Waals surface area (Å²) >= 11 is 0. The van der Waals surface area contributed by atoms with Gasteiger partial charge in [0.1, 0.15) is 6.10 Å². The fourth-order valence-electron chi connectivity index (χ4n) is 7.49. The molecule has 0 radical (unpaired) electrons. The Kier molecular flexibility index (Phi) is 38.6. The Morgan fingerprint density at radius 3 is 1.11 bits per heavy atom. The topological polar surface area (TPSA) is 39.7 Å². The van der Waals surface area contributed by atoms with Crippen molar-refractivity contribution in [2.75, 3.05) is 19.8 Å². The van der Waals surface area contributed by atoms with E-state index in [2.05, 4.69) is 60.4 Å². The summed E-state index contributed by atoms with van der Waals surface area (Å²) in [4.78, 5) is 0. The van der Waals surface area contributed by atoms with Crippen molar-refractivity contribution in [1.82, 2.24) is 5.32 Å². The maximum absolute atomic E-state index is 6.46. The molecular weight excluding hydrogens is 663 g/mol. The first-order valence-corrected chi connectivity index (χ1v) is 24.5. The van der Waals surface area contributed by atoms with Crippen LogP contribution >= 0.6 is 0 Å². The smallest absolute Gasteiger partial charge is 0.179 e. The first-order valence-electron chi connectivity index (χ1n) is 24.5. The summed E-state index contributed by atoms with van der Waals surface area (Å²) in [6.07, 6.45) is 48.2. The Hall–Kier alpha value is -0.740. The third-order valence-corrected chi connectivity index (χ3v) is 11.2. The molecule has 1 N–H and O–H groups in total. The van der Waals surface area contributed by atoms with Crippen molar-refractivity contribution >= 4 is 0 Å². The van der Waals surface area contributed by atoms with Gasteiger partial charge in [0.2, 0.25) is 0 Å². The molecule has 0 amide bonds. The van der Waals surface area contributed by atoms with E-state index in [9.17, 15) is 0 Å². The number of ether oxygens (including phenoxy) is 3. The largest absolute Gasteiger partial charge is 0.476 e.